The molecular weight excluding hydrogens is 268 g/mol. The number of fused-ring (bicyclic) bond motifs is 1. The van der Waals surface area contributed by atoms with E-state index in [1.807, 2.05) is 24.3 Å². The van der Waals surface area contributed by atoms with E-state index in [1.54, 1.807) is 11.9 Å². The summed E-state index contributed by atoms with van der Waals surface area (Å²) < 4.78 is 5.38. The Morgan fingerprint density at radius 1 is 1.29 bits per heavy atom. The summed E-state index contributed by atoms with van der Waals surface area (Å²) in [5.41, 5.74) is 1.27. The van der Waals surface area contributed by atoms with Crippen LogP contribution < -0.4 is 5.32 Å². The van der Waals surface area contributed by atoms with Crippen LogP contribution in [-0.4, -0.2) is 42.8 Å². The largest absolute Gasteiger partial charge is 0.464 e. The van der Waals surface area contributed by atoms with E-state index in [-0.39, 0.29) is 24.8 Å². The maximum Gasteiger partial charge on any atom is 0.234 e. The number of rotatable bonds is 6. The number of carbonyl (C=O) groups is 2. The molecule has 1 aromatic heterocycles. The van der Waals surface area contributed by atoms with Crippen LogP contribution in [0.15, 0.2) is 34.9 Å². The molecule has 0 unspecified atom stereocenters. The fourth-order valence-corrected chi connectivity index (χ4v) is 2.33. The summed E-state index contributed by atoms with van der Waals surface area (Å²) in [5, 5.41) is 3.73. The number of amides is 1. The zero-order valence-electron chi connectivity index (χ0n) is 12.0. The highest BCUT2D eigenvalue weighted by Crippen LogP contribution is 2.21. The number of ketones is 1. The van der Waals surface area contributed by atoms with Crippen LogP contribution in [0.5, 0.6) is 0 Å². The molecule has 21 heavy (non-hydrogen) atoms. The molecule has 3 rings (SSSR count). The Balaban J connectivity index is 1.61. The molecule has 0 spiro atoms. The number of likely N-dealkylation sites (N-methyl/N-ethyl adjacent to an activating group) is 1. The Labute approximate surface area is 122 Å². The fourth-order valence-electron chi connectivity index (χ4n) is 2.33. The van der Waals surface area contributed by atoms with E-state index in [9.17, 15) is 9.59 Å². The van der Waals surface area contributed by atoms with E-state index >= 15 is 0 Å². The average Bonchev–Trinajstić information content (AvgIpc) is 3.14. The van der Waals surface area contributed by atoms with Gasteiger partial charge in [0.2, 0.25) is 5.91 Å². The van der Waals surface area contributed by atoms with Gasteiger partial charge in [0.05, 0.1) is 18.7 Å². The molecule has 1 aliphatic carbocycles. The van der Waals surface area contributed by atoms with Gasteiger partial charge in [0.25, 0.3) is 0 Å². The second kappa shape index (κ2) is 5.69. The highest BCUT2D eigenvalue weighted by molar-refractivity contribution is 6.08. The summed E-state index contributed by atoms with van der Waals surface area (Å²) in [6, 6.07) is 7.79. The minimum atomic E-state index is -0.0401. The van der Waals surface area contributed by atoms with E-state index in [0.717, 1.165) is 18.2 Å². The number of carbonyl (C=O) groups excluding carboxylic acids is 2. The molecule has 0 aliphatic heterocycles. The van der Waals surface area contributed by atoms with E-state index < -0.39 is 0 Å². The Bertz CT molecular complexity index is 673. The fraction of sp³-hybridized carbons (Fsp3) is 0.375. The molecule has 5 nitrogen and oxygen atoms in total. The first-order chi connectivity index (χ1) is 10.1. The van der Waals surface area contributed by atoms with Gasteiger partial charge in [0.15, 0.2) is 5.78 Å². The monoisotopic (exact) mass is 286 g/mol. The van der Waals surface area contributed by atoms with E-state index in [1.165, 1.54) is 6.26 Å². The van der Waals surface area contributed by atoms with E-state index in [2.05, 4.69) is 5.32 Å². The predicted octanol–water partition coefficient (Wildman–Crippen LogP) is 1.83. The van der Waals surface area contributed by atoms with Crippen molar-refractivity contribution in [2.75, 3.05) is 20.1 Å². The van der Waals surface area contributed by atoms with Gasteiger partial charge in [-0.15, -0.1) is 0 Å². The van der Waals surface area contributed by atoms with Gasteiger partial charge in [-0.05, 0) is 26.0 Å². The molecule has 1 aromatic carbocycles. The van der Waals surface area contributed by atoms with Crippen molar-refractivity contribution >= 4 is 22.7 Å². The summed E-state index contributed by atoms with van der Waals surface area (Å²) >= 11 is 0. The minimum absolute atomic E-state index is 0.0233. The molecule has 0 radical (unpaired) electrons. The number of nitrogens with zero attached hydrogens (tertiary/aromatic N) is 1. The maximum atomic E-state index is 12.3. The van der Waals surface area contributed by atoms with Gasteiger partial charge < -0.3 is 9.73 Å². The second-order valence-corrected chi connectivity index (χ2v) is 5.58. The van der Waals surface area contributed by atoms with Crippen molar-refractivity contribution in [3.05, 3.63) is 36.1 Å². The third-order valence-corrected chi connectivity index (χ3v) is 3.55. The summed E-state index contributed by atoms with van der Waals surface area (Å²) in [4.78, 5) is 25.7. The molecule has 1 amide bonds. The molecule has 0 saturated heterocycles. The summed E-state index contributed by atoms with van der Waals surface area (Å²) in [7, 11) is 1.77. The Hall–Kier alpha value is -2.14. The highest BCUT2D eigenvalue weighted by atomic mass is 16.3. The predicted molar refractivity (Wildman–Crippen MR) is 79.2 cm³/mol. The van der Waals surface area contributed by atoms with Crippen LogP contribution in [0.1, 0.15) is 23.2 Å². The van der Waals surface area contributed by atoms with Gasteiger partial charge in [0.1, 0.15) is 11.8 Å². The molecule has 0 bridgehead atoms. The number of furan rings is 1. The van der Waals surface area contributed by atoms with Gasteiger partial charge in [-0.3, -0.25) is 14.5 Å². The quantitative estimate of drug-likeness (QED) is 0.823. The molecule has 1 aliphatic rings. The second-order valence-electron chi connectivity index (χ2n) is 5.58. The highest BCUT2D eigenvalue weighted by Gasteiger charge is 2.24. The summed E-state index contributed by atoms with van der Waals surface area (Å²) in [5.74, 6) is -0.0634. The third kappa shape index (κ3) is 3.31. The van der Waals surface area contributed by atoms with Crippen LogP contribution in [0, 0.1) is 0 Å². The van der Waals surface area contributed by atoms with Crippen molar-refractivity contribution in [3.8, 4) is 0 Å². The first-order valence-corrected chi connectivity index (χ1v) is 7.11. The van der Waals surface area contributed by atoms with Crippen molar-refractivity contribution < 1.29 is 14.0 Å². The lowest BCUT2D eigenvalue weighted by atomic mass is 10.1. The standard InChI is InChI=1S/C16H18N2O3/c1-18(9-16(20)17-11-6-7-11)8-14(19)13-10-21-15-5-3-2-4-12(13)15/h2-5,10-11H,6-9H2,1H3,(H,17,20). The minimum Gasteiger partial charge on any atom is -0.464 e. The Morgan fingerprint density at radius 2 is 2.05 bits per heavy atom. The van der Waals surface area contributed by atoms with Crippen LogP contribution in [-0.2, 0) is 4.79 Å². The number of para-hydroxylation sites is 1. The zero-order valence-corrected chi connectivity index (χ0v) is 12.0. The van der Waals surface area contributed by atoms with Crippen molar-refractivity contribution in [1.82, 2.24) is 10.2 Å². The molecule has 0 atom stereocenters. The first-order valence-electron chi connectivity index (χ1n) is 7.11. The Kier molecular flexibility index (Phi) is 3.75. The van der Waals surface area contributed by atoms with Crippen LogP contribution in [0.25, 0.3) is 11.0 Å². The maximum absolute atomic E-state index is 12.3. The molecule has 1 saturated carbocycles. The van der Waals surface area contributed by atoms with Gasteiger partial charge in [-0.1, -0.05) is 18.2 Å². The molecule has 5 heteroatoms. The van der Waals surface area contributed by atoms with Crippen LogP contribution in [0.4, 0.5) is 0 Å². The number of hydrogen-bond donors (Lipinski definition) is 1. The molecule has 110 valence electrons. The molecule has 1 heterocycles. The van der Waals surface area contributed by atoms with Crippen molar-refractivity contribution in [3.63, 3.8) is 0 Å². The van der Waals surface area contributed by atoms with Gasteiger partial charge in [0, 0.05) is 11.4 Å². The first kappa shape index (κ1) is 13.8. The van der Waals surface area contributed by atoms with Gasteiger partial charge >= 0.3 is 0 Å². The van der Waals surface area contributed by atoms with Gasteiger partial charge in [-0.2, -0.15) is 0 Å². The van der Waals surface area contributed by atoms with Gasteiger partial charge in [-0.25, -0.2) is 0 Å². The molecular formula is C16H18N2O3. The lowest BCUT2D eigenvalue weighted by molar-refractivity contribution is -0.121. The lowest BCUT2D eigenvalue weighted by Crippen LogP contribution is -2.38. The number of benzene rings is 1. The van der Waals surface area contributed by atoms with Crippen molar-refractivity contribution in [1.29, 1.82) is 0 Å². The lowest BCUT2D eigenvalue weighted by Gasteiger charge is -2.14. The van der Waals surface area contributed by atoms with Crippen molar-refractivity contribution in [2.45, 2.75) is 18.9 Å². The van der Waals surface area contributed by atoms with E-state index in [4.69, 9.17) is 4.42 Å². The number of nitrogens with one attached hydrogen (secondary N) is 1. The summed E-state index contributed by atoms with van der Waals surface area (Å²) in [6.45, 7) is 0.430. The Morgan fingerprint density at radius 3 is 2.81 bits per heavy atom. The topological polar surface area (TPSA) is 62.6 Å². The summed E-state index contributed by atoms with van der Waals surface area (Å²) in [6.07, 6.45) is 3.62. The normalized spacial score (nSPS) is 14.6. The SMILES string of the molecule is CN(CC(=O)NC1CC1)CC(=O)c1coc2ccccc12. The smallest absolute Gasteiger partial charge is 0.234 e. The molecule has 1 fully saturated rings. The molecule has 2 aromatic rings. The third-order valence-electron chi connectivity index (χ3n) is 3.55. The number of hydrogen-bond acceptors (Lipinski definition) is 4. The number of Topliss-reactive ketones (excluding diaryl/α,β-unsaturated/α-hetero) is 1. The average molecular weight is 286 g/mol. The zero-order chi connectivity index (χ0) is 14.8. The van der Waals surface area contributed by atoms with E-state index in [0.29, 0.717) is 17.2 Å². The van der Waals surface area contributed by atoms with Crippen LogP contribution in [0.2, 0.25) is 0 Å². The molecule has 1 N–H and O–H groups in total. The van der Waals surface area contributed by atoms with Crippen molar-refractivity contribution in [2.24, 2.45) is 0 Å². The van der Waals surface area contributed by atoms with Crippen LogP contribution in [0.3, 0.4) is 0 Å². The van der Waals surface area contributed by atoms with Crippen LogP contribution >= 0.6 is 0 Å².